The van der Waals surface area contributed by atoms with Crippen LogP contribution in [0.5, 0.6) is 11.5 Å². The molecule has 0 aliphatic heterocycles. The minimum Gasteiger partial charge on any atom is -0.490 e. The topological polar surface area (TPSA) is 79.9 Å². The van der Waals surface area contributed by atoms with Gasteiger partial charge in [-0.15, -0.1) is 0 Å². The van der Waals surface area contributed by atoms with Crippen LogP contribution < -0.4 is 20.1 Å². The van der Waals surface area contributed by atoms with Crippen molar-refractivity contribution in [3.05, 3.63) is 23.8 Å². The molecule has 0 atom stereocenters. The third-order valence-electron chi connectivity index (χ3n) is 5.31. The summed E-state index contributed by atoms with van der Waals surface area (Å²) in [6, 6.07) is 5.02. The van der Waals surface area contributed by atoms with E-state index in [1.165, 1.54) is 12.8 Å². The zero-order valence-corrected chi connectivity index (χ0v) is 17.5. The summed E-state index contributed by atoms with van der Waals surface area (Å²) in [6.45, 7) is 5.30. The van der Waals surface area contributed by atoms with Gasteiger partial charge in [0.25, 0.3) is 5.91 Å². The molecule has 0 saturated heterocycles. The predicted molar refractivity (Wildman–Crippen MR) is 109 cm³/mol. The summed E-state index contributed by atoms with van der Waals surface area (Å²) in [5.41, 5.74) is 0.460. The molecule has 0 radical (unpaired) electrons. The van der Waals surface area contributed by atoms with Crippen molar-refractivity contribution in [2.24, 2.45) is 0 Å². The van der Waals surface area contributed by atoms with Gasteiger partial charge in [-0.05, 0) is 59.0 Å². The second-order valence-electron chi connectivity index (χ2n) is 7.31. The van der Waals surface area contributed by atoms with Crippen LogP contribution >= 0.6 is 0 Å². The number of nitrogens with zero attached hydrogens (tertiary/aromatic N) is 1. The van der Waals surface area contributed by atoms with Crippen molar-refractivity contribution in [1.29, 1.82) is 0 Å². The van der Waals surface area contributed by atoms with Gasteiger partial charge < -0.3 is 25.0 Å². The number of likely N-dealkylation sites (N-methyl/N-ethyl adjacent to an activating group) is 1. The van der Waals surface area contributed by atoms with E-state index in [2.05, 4.69) is 29.6 Å². The number of ether oxygens (including phenoxy) is 2. The molecule has 2 amide bonds. The summed E-state index contributed by atoms with van der Waals surface area (Å²) >= 11 is 0. The molecular formula is C21H33N3O4. The molecule has 0 bridgehead atoms. The van der Waals surface area contributed by atoms with E-state index in [0.29, 0.717) is 36.8 Å². The molecule has 7 heteroatoms. The number of amides is 2. The van der Waals surface area contributed by atoms with Gasteiger partial charge >= 0.3 is 0 Å². The quantitative estimate of drug-likeness (QED) is 0.639. The highest BCUT2D eigenvalue weighted by atomic mass is 16.5. The highest BCUT2D eigenvalue weighted by molar-refractivity contribution is 5.97. The van der Waals surface area contributed by atoms with Crippen LogP contribution in [0.25, 0.3) is 0 Å². The van der Waals surface area contributed by atoms with Gasteiger partial charge in [0.1, 0.15) is 0 Å². The maximum absolute atomic E-state index is 12.4. The van der Waals surface area contributed by atoms with Crippen molar-refractivity contribution in [3.8, 4) is 11.5 Å². The third-order valence-corrected chi connectivity index (χ3v) is 5.31. The average Bonchev–Trinajstić information content (AvgIpc) is 3.16. The number of rotatable bonds is 10. The smallest absolute Gasteiger partial charge is 0.251 e. The Hall–Kier alpha value is -2.28. The molecule has 1 fully saturated rings. The molecule has 0 heterocycles. The minimum atomic E-state index is -0.317. The van der Waals surface area contributed by atoms with Gasteiger partial charge in [0.15, 0.2) is 11.5 Å². The summed E-state index contributed by atoms with van der Waals surface area (Å²) in [5.74, 6) is 0.625. The van der Waals surface area contributed by atoms with Crippen molar-refractivity contribution < 1.29 is 19.1 Å². The van der Waals surface area contributed by atoms with E-state index >= 15 is 0 Å². The van der Waals surface area contributed by atoms with Crippen LogP contribution in [0.4, 0.5) is 0 Å². The zero-order valence-electron chi connectivity index (χ0n) is 17.5. The van der Waals surface area contributed by atoms with E-state index in [-0.39, 0.29) is 23.9 Å². The Kier molecular flexibility index (Phi) is 8.11. The molecule has 7 nitrogen and oxygen atoms in total. The Bertz CT molecular complexity index is 670. The molecular weight excluding hydrogens is 358 g/mol. The number of benzene rings is 1. The fourth-order valence-electron chi connectivity index (χ4n) is 3.60. The van der Waals surface area contributed by atoms with Crippen LogP contribution in [0, 0.1) is 0 Å². The zero-order chi connectivity index (χ0) is 20.6. The number of hydrogen-bond donors (Lipinski definition) is 2. The Labute approximate surface area is 167 Å². The van der Waals surface area contributed by atoms with E-state index < -0.39 is 0 Å². The van der Waals surface area contributed by atoms with Crippen molar-refractivity contribution in [3.63, 3.8) is 0 Å². The van der Waals surface area contributed by atoms with E-state index in [4.69, 9.17) is 9.47 Å². The van der Waals surface area contributed by atoms with Crippen LogP contribution in [-0.4, -0.2) is 62.7 Å². The second-order valence-corrected chi connectivity index (χ2v) is 7.31. The van der Waals surface area contributed by atoms with Gasteiger partial charge in [-0.2, -0.15) is 0 Å². The Morgan fingerprint density at radius 2 is 1.68 bits per heavy atom. The number of carbonyl (C=O) groups is 2. The fraction of sp³-hybridized carbons (Fsp3) is 0.619. The number of nitrogens with one attached hydrogen (secondary N) is 2. The Balaban J connectivity index is 1.89. The maximum atomic E-state index is 12.4. The van der Waals surface area contributed by atoms with Gasteiger partial charge in [-0.25, -0.2) is 0 Å². The first-order chi connectivity index (χ1) is 13.4. The van der Waals surface area contributed by atoms with Crippen molar-refractivity contribution in [2.45, 2.75) is 45.1 Å². The fourth-order valence-corrected chi connectivity index (χ4v) is 3.60. The second kappa shape index (κ2) is 10.3. The molecule has 1 aliphatic rings. The summed E-state index contributed by atoms with van der Waals surface area (Å²) in [6.07, 6.45) is 4.54. The van der Waals surface area contributed by atoms with Gasteiger partial charge in [-0.3, -0.25) is 9.59 Å². The van der Waals surface area contributed by atoms with Gasteiger partial charge in [0.2, 0.25) is 5.91 Å². The SMILES string of the molecule is CCOc1ccc(C(=O)NCC(=O)NCC2(N(C)C)CCCC2)cc1OCC. The largest absolute Gasteiger partial charge is 0.490 e. The maximum Gasteiger partial charge on any atom is 0.251 e. The third kappa shape index (κ3) is 5.61. The Morgan fingerprint density at radius 1 is 1.04 bits per heavy atom. The van der Waals surface area contributed by atoms with E-state index in [0.717, 1.165) is 12.8 Å². The van der Waals surface area contributed by atoms with Crippen LogP contribution in [0.1, 0.15) is 49.9 Å². The lowest BCUT2D eigenvalue weighted by Crippen LogP contribution is -2.52. The molecule has 0 spiro atoms. The highest BCUT2D eigenvalue weighted by Crippen LogP contribution is 2.33. The van der Waals surface area contributed by atoms with Crippen molar-refractivity contribution in [1.82, 2.24) is 15.5 Å². The number of carbonyl (C=O) groups excluding carboxylic acids is 2. The van der Waals surface area contributed by atoms with Crippen molar-refractivity contribution in [2.75, 3.05) is 40.4 Å². The molecule has 0 unspecified atom stereocenters. The van der Waals surface area contributed by atoms with Gasteiger partial charge in [-0.1, -0.05) is 12.8 Å². The first-order valence-electron chi connectivity index (χ1n) is 10.0. The molecule has 28 heavy (non-hydrogen) atoms. The molecule has 1 aliphatic carbocycles. The molecule has 0 aromatic heterocycles. The lowest BCUT2D eigenvalue weighted by molar-refractivity contribution is -0.120. The van der Waals surface area contributed by atoms with Crippen molar-refractivity contribution >= 4 is 11.8 Å². The summed E-state index contributed by atoms with van der Waals surface area (Å²) < 4.78 is 11.1. The standard InChI is InChI=1S/C21H33N3O4/c1-5-27-17-10-9-16(13-18(17)28-6-2)20(26)22-14-19(25)23-15-21(24(3)4)11-7-8-12-21/h9-10,13H,5-8,11-12,14-15H2,1-4H3,(H,22,26)(H,23,25). The predicted octanol–water partition coefficient (Wildman–Crippen LogP) is 2.20. The highest BCUT2D eigenvalue weighted by Gasteiger charge is 2.36. The monoisotopic (exact) mass is 391 g/mol. The van der Waals surface area contributed by atoms with Gasteiger partial charge in [0.05, 0.1) is 19.8 Å². The normalized spacial score (nSPS) is 15.3. The molecule has 1 saturated carbocycles. The molecule has 1 aromatic carbocycles. The molecule has 156 valence electrons. The Morgan fingerprint density at radius 3 is 2.29 bits per heavy atom. The lowest BCUT2D eigenvalue weighted by Gasteiger charge is -2.36. The summed E-state index contributed by atoms with van der Waals surface area (Å²) in [4.78, 5) is 26.8. The first-order valence-corrected chi connectivity index (χ1v) is 10.0. The number of hydrogen-bond acceptors (Lipinski definition) is 5. The van der Waals surface area contributed by atoms with Crippen LogP contribution in [-0.2, 0) is 4.79 Å². The van der Waals surface area contributed by atoms with Gasteiger partial charge in [0, 0.05) is 17.6 Å². The average molecular weight is 392 g/mol. The lowest BCUT2D eigenvalue weighted by atomic mass is 9.96. The molecule has 1 aromatic rings. The summed E-state index contributed by atoms with van der Waals surface area (Å²) in [7, 11) is 4.11. The van der Waals surface area contributed by atoms with E-state index in [9.17, 15) is 9.59 Å². The minimum absolute atomic E-state index is 0.0289. The molecule has 2 rings (SSSR count). The molecule has 2 N–H and O–H groups in total. The van der Waals surface area contributed by atoms with Crippen LogP contribution in [0.3, 0.4) is 0 Å². The summed E-state index contributed by atoms with van der Waals surface area (Å²) in [5, 5.41) is 5.65. The van der Waals surface area contributed by atoms with E-state index in [1.54, 1.807) is 18.2 Å². The van der Waals surface area contributed by atoms with Crippen LogP contribution in [0.15, 0.2) is 18.2 Å². The first kappa shape index (κ1) is 22.0. The van der Waals surface area contributed by atoms with Crippen LogP contribution in [0.2, 0.25) is 0 Å². The van der Waals surface area contributed by atoms with E-state index in [1.807, 2.05) is 13.8 Å².